The van der Waals surface area contributed by atoms with Crippen LogP contribution in [0.1, 0.15) is 25.0 Å². The number of rotatable bonds is 5. The third kappa shape index (κ3) is 3.20. The Hall–Kier alpha value is -1.81. The summed E-state index contributed by atoms with van der Waals surface area (Å²) < 4.78 is 5.85. The zero-order chi connectivity index (χ0) is 14.5. The first-order valence-corrected chi connectivity index (χ1v) is 7.05. The Morgan fingerprint density at radius 1 is 1.25 bits per heavy atom. The van der Waals surface area contributed by atoms with E-state index in [9.17, 15) is 0 Å². The molecular formula is C15H18ClN3O. The van der Waals surface area contributed by atoms with E-state index in [4.69, 9.17) is 16.3 Å². The molecule has 0 aliphatic heterocycles. The summed E-state index contributed by atoms with van der Waals surface area (Å²) in [5.74, 6) is 1.96. The van der Waals surface area contributed by atoms with Crippen molar-refractivity contribution >= 4 is 17.4 Å². The summed E-state index contributed by atoms with van der Waals surface area (Å²) in [5.41, 5.74) is 2.04. The van der Waals surface area contributed by atoms with E-state index in [0.29, 0.717) is 16.7 Å². The van der Waals surface area contributed by atoms with Gasteiger partial charge in [-0.25, -0.2) is 9.97 Å². The maximum absolute atomic E-state index is 6.19. The molecule has 0 spiro atoms. The van der Waals surface area contributed by atoms with Crippen molar-refractivity contribution in [2.45, 2.75) is 27.2 Å². The van der Waals surface area contributed by atoms with Crippen molar-refractivity contribution in [2.75, 3.05) is 11.9 Å². The average Bonchev–Trinajstić information content (AvgIpc) is 2.42. The first-order chi connectivity index (χ1) is 9.65. The number of nitrogens with one attached hydrogen (secondary N) is 1. The normalized spacial score (nSPS) is 10.4. The van der Waals surface area contributed by atoms with Gasteiger partial charge in [0.05, 0.1) is 10.6 Å². The smallest absolute Gasteiger partial charge is 0.227 e. The van der Waals surface area contributed by atoms with E-state index in [0.717, 1.165) is 29.9 Å². The van der Waals surface area contributed by atoms with E-state index in [2.05, 4.69) is 15.3 Å². The van der Waals surface area contributed by atoms with E-state index in [1.54, 1.807) is 0 Å². The van der Waals surface area contributed by atoms with Crippen molar-refractivity contribution in [3.05, 3.63) is 40.7 Å². The zero-order valence-electron chi connectivity index (χ0n) is 11.9. The number of aryl methyl sites for hydroxylation is 1. The van der Waals surface area contributed by atoms with Gasteiger partial charge in [-0.15, -0.1) is 0 Å². The van der Waals surface area contributed by atoms with Crippen LogP contribution in [-0.2, 0) is 6.42 Å². The molecular weight excluding hydrogens is 274 g/mol. The number of hydrogen-bond acceptors (Lipinski definition) is 4. The zero-order valence-corrected chi connectivity index (χ0v) is 12.7. The molecule has 0 aliphatic carbocycles. The van der Waals surface area contributed by atoms with E-state index in [1.807, 2.05) is 39.0 Å². The fourth-order valence-corrected chi connectivity index (χ4v) is 2.19. The van der Waals surface area contributed by atoms with Gasteiger partial charge in [0.1, 0.15) is 17.9 Å². The maximum Gasteiger partial charge on any atom is 0.227 e. The molecule has 1 aromatic heterocycles. The summed E-state index contributed by atoms with van der Waals surface area (Å²) in [6, 6.07) is 5.68. The number of anilines is 1. The largest absolute Gasteiger partial charge is 0.437 e. The Morgan fingerprint density at radius 2 is 2.05 bits per heavy atom. The quantitative estimate of drug-likeness (QED) is 0.896. The SMILES string of the molecule is CCNc1ncnc(Oc2ccc(C)cc2Cl)c1CC. The van der Waals surface area contributed by atoms with E-state index < -0.39 is 0 Å². The van der Waals surface area contributed by atoms with Gasteiger partial charge < -0.3 is 10.1 Å². The molecule has 0 aliphatic rings. The van der Waals surface area contributed by atoms with Crippen molar-refractivity contribution in [3.8, 4) is 11.6 Å². The lowest BCUT2D eigenvalue weighted by Gasteiger charge is -2.13. The van der Waals surface area contributed by atoms with E-state index in [-0.39, 0.29) is 0 Å². The minimum atomic E-state index is 0.546. The van der Waals surface area contributed by atoms with Crippen LogP contribution in [0.3, 0.4) is 0 Å². The molecule has 106 valence electrons. The van der Waals surface area contributed by atoms with Gasteiger partial charge in [0.15, 0.2) is 0 Å². The third-order valence-corrected chi connectivity index (χ3v) is 3.19. The van der Waals surface area contributed by atoms with Crippen molar-refractivity contribution < 1.29 is 4.74 Å². The summed E-state index contributed by atoms with van der Waals surface area (Å²) in [6.45, 7) is 6.86. The maximum atomic E-state index is 6.19. The van der Waals surface area contributed by atoms with Crippen LogP contribution in [0.4, 0.5) is 5.82 Å². The molecule has 2 rings (SSSR count). The molecule has 0 amide bonds. The van der Waals surface area contributed by atoms with Crippen LogP contribution in [0.15, 0.2) is 24.5 Å². The van der Waals surface area contributed by atoms with Crippen LogP contribution < -0.4 is 10.1 Å². The monoisotopic (exact) mass is 291 g/mol. The Labute approximate surface area is 124 Å². The lowest BCUT2D eigenvalue weighted by atomic mass is 10.2. The molecule has 2 aromatic rings. The number of aromatic nitrogens is 2. The number of ether oxygens (including phenoxy) is 1. The van der Waals surface area contributed by atoms with Gasteiger partial charge in [0.2, 0.25) is 5.88 Å². The first-order valence-electron chi connectivity index (χ1n) is 6.67. The molecule has 0 unspecified atom stereocenters. The minimum absolute atomic E-state index is 0.546. The molecule has 0 bridgehead atoms. The molecule has 0 saturated carbocycles. The summed E-state index contributed by atoms with van der Waals surface area (Å²) in [6.07, 6.45) is 2.27. The van der Waals surface area contributed by atoms with Gasteiger partial charge in [-0.1, -0.05) is 24.6 Å². The number of hydrogen-bond donors (Lipinski definition) is 1. The fourth-order valence-electron chi connectivity index (χ4n) is 1.92. The molecule has 1 N–H and O–H groups in total. The average molecular weight is 292 g/mol. The van der Waals surface area contributed by atoms with Crippen molar-refractivity contribution in [3.63, 3.8) is 0 Å². The van der Waals surface area contributed by atoms with Gasteiger partial charge in [0, 0.05) is 6.54 Å². The third-order valence-electron chi connectivity index (χ3n) is 2.90. The van der Waals surface area contributed by atoms with Crippen LogP contribution in [0.25, 0.3) is 0 Å². The molecule has 1 heterocycles. The first kappa shape index (κ1) is 14.6. The summed E-state index contributed by atoms with van der Waals surface area (Å²) in [7, 11) is 0. The second-order valence-corrected chi connectivity index (χ2v) is 4.83. The fraction of sp³-hybridized carbons (Fsp3) is 0.333. The highest BCUT2D eigenvalue weighted by molar-refractivity contribution is 6.32. The van der Waals surface area contributed by atoms with Gasteiger partial charge in [-0.2, -0.15) is 0 Å². The Bertz CT molecular complexity index is 602. The predicted octanol–water partition coefficient (Wildman–Crippen LogP) is 4.22. The van der Waals surface area contributed by atoms with E-state index in [1.165, 1.54) is 6.33 Å². The van der Waals surface area contributed by atoms with Gasteiger partial charge in [-0.05, 0) is 38.0 Å². The molecule has 0 fully saturated rings. The highest BCUT2D eigenvalue weighted by Crippen LogP contribution is 2.32. The predicted molar refractivity (Wildman–Crippen MR) is 81.8 cm³/mol. The molecule has 20 heavy (non-hydrogen) atoms. The minimum Gasteiger partial charge on any atom is -0.437 e. The highest BCUT2D eigenvalue weighted by Gasteiger charge is 2.12. The van der Waals surface area contributed by atoms with Crippen molar-refractivity contribution in [1.29, 1.82) is 0 Å². The van der Waals surface area contributed by atoms with Crippen LogP contribution >= 0.6 is 11.6 Å². The molecule has 1 aromatic carbocycles. The molecule has 5 heteroatoms. The summed E-state index contributed by atoms with van der Waals surface area (Å²) in [5, 5.41) is 3.79. The van der Waals surface area contributed by atoms with Gasteiger partial charge in [-0.3, -0.25) is 0 Å². The van der Waals surface area contributed by atoms with Crippen molar-refractivity contribution in [2.24, 2.45) is 0 Å². The highest BCUT2D eigenvalue weighted by atomic mass is 35.5. The summed E-state index contributed by atoms with van der Waals surface area (Å²) in [4.78, 5) is 8.46. The lowest BCUT2D eigenvalue weighted by Crippen LogP contribution is -2.05. The van der Waals surface area contributed by atoms with E-state index >= 15 is 0 Å². The molecule has 0 atom stereocenters. The molecule has 0 saturated heterocycles. The lowest BCUT2D eigenvalue weighted by molar-refractivity contribution is 0.455. The second kappa shape index (κ2) is 6.57. The molecule has 0 radical (unpaired) electrons. The topological polar surface area (TPSA) is 47.0 Å². The summed E-state index contributed by atoms with van der Waals surface area (Å²) >= 11 is 6.19. The Balaban J connectivity index is 2.35. The standard InChI is InChI=1S/C15H18ClN3O/c1-4-11-14(17-5-2)18-9-19-15(11)20-13-7-6-10(3)8-12(13)16/h6-9H,4-5H2,1-3H3,(H,17,18,19). The number of halogens is 1. The Kier molecular flexibility index (Phi) is 4.79. The van der Waals surface area contributed by atoms with Gasteiger partial charge >= 0.3 is 0 Å². The van der Waals surface area contributed by atoms with Crippen molar-refractivity contribution in [1.82, 2.24) is 9.97 Å². The second-order valence-electron chi connectivity index (χ2n) is 4.43. The van der Waals surface area contributed by atoms with Gasteiger partial charge in [0.25, 0.3) is 0 Å². The van der Waals surface area contributed by atoms with Crippen LogP contribution in [0.2, 0.25) is 5.02 Å². The van der Waals surface area contributed by atoms with Crippen LogP contribution in [-0.4, -0.2) is 16.5 Å². The number of benzene rings is 1. The number of nitrogens with zero attached hydrogens (tertiary/aromatic N) is 2. The Morgan fingerprint density at radius 3 is 2.70 bits per heavy atom. The molecule has 4 nitrogen and oxygen atoms in total. The van der Waals surface area contributed by atoms with Crippen LogP contribution in [0.5, 0.6) is 11.6 Å². The van der Waals surface area contributed by atoms with Crippen LogP contribution in [0, 0.1) is 6.92 Å².